The van der Waals surface area contributed by atoms with Crippen LogP contribution in [0.25, 0.3) is 10.9 Å². The van der Waals surface area contributed by atoms with Gasteiger partial charge in [0, 0.05) is 23.3 Å². The molecule has 1 unspecified atom stereocenters. The Kier molecular flexibility index (Phi) is 3.52. The Labute approximate surface area is 124 Å². The third-order valence-corrected chi connectivity index (χ3v) is 5.59. The Bertz CT molecular complexity index is 872. The summed E-state index contributed by atoms with van der Waals surface area (Å²) in [6.45, 7) is 1.70. The summed E-state index contributed by atoms with van der Waals surface area (Å²) < 4.78 is 41.3. The SMILES string of the molecule is CC(NS(=O)(=O)c1c[nH]c2cccc(F)c12)c1nccs1. The number of H-pyrrole nitrogens is 1. The molecule has 2 heterocycles. The molecular formula is C13H12FN3O2S2. The van der Waals surface area contributed by atoms with Crippen molar-refractivity contribution in [2.24, 2.45) is 0 Å². The number of benzene rings is 1. The normalized spacial score (nSPS) is 13.6. The van der Waals surface area contributed by atoms with Crippen LogP contribution in [-0.2, 0) is 10.0 Å². The Morgan fingerprint density at radius 3 is 2.95 bits per heavy atom. The zero-order valence-corrected chi connectivity index (χ0v) is 12.6. The van der Waals surface area contributed by atoms with E-state index in [1.807, 2.05) is 0 Å². The van der Waals surface area contributed by atoms with Crippen molar-refractivity contribution < 1.29 is 12.8 Å². The van der Waals surface area contributed by atoms with E-state index < -0.39 is 21.9 Å². The van der Waals surface area contributed by atoms with Crippen LogP contribution in [0.4, 0.5) is 4.39 Å². The summed E-state index contributed by atoms with van der Waals surface area (Å²) >= 11 is 1.36. The van der Waals surface area contributed by atoms with Crippen LogP contribution in [0.2, 0.25) is 0 Å². The van der Waals surface area contributed by atoms with E-state index >= 15 is 0 Å². The molecule has 110 valence electrons. The highest BCUT2D eigenvalue weighted by Gasteiger charge is 2.24. The fraction of sp³-hybridized carbons (Fsp3) is 0.154. The average molecular weight is 325 g/mol. The molecule has 3 aromatic rings. The van der Waals surface area contributed by atoms with Crippen LogP contribution in [0.5, 0.6) is 0 Å². The monoisotopic (exact) mass is 325 g/mol. The zero-order valence-electron chi connectivity index (χ0n) is 11.0. The van der Waals surface area contributed by atoms with Gasteiger partial charge >= 0.3 is 0 Å². The van der Waals surface area contributed by atoms with Gasteiger partial charge in [0.25, 0.3) is 0 Å². The number of nitrogens with one attached hydrogen (secondary N) is 2. The molecule has 0 saturated heterocycles. The van der Waals surface area contributed by atoms with E-state index in [9.17, 15) is 12.8 Å². The molecule has 21 heavy (non-hydrogen) atoms. The maximum absolute atomic E-state index is 13.9. The fourth-order valence-electron chi connectivity index (χ4n) is 2.12. The van der Waals surface area contributed by atoms with Crippen molar-refractivity contribution in [3.63, 3.8) is 0 Å². The van der Waals surface area contributed by atoms with E-state index in [0.717, 1.165) is 0 Å². The first kappa shape index (κ1) is 14.2. The number of sulfonamides is 1. The van der Waals surface area contributed by atoms with Crippen LogP contribution in [0, 0.1) is 5.82 Å². The lowest BCUT2D eigenvalue weighted by molar-refractivity contribution is 0.566. The van der Waals surface area contributed by atoms with Crippen molar-refractivity contribution >= 4 is 32.3 Å². The molecule has 0 fully saturated rings. The molecule has 0 saturated carbocycles. The van der Waals surface area contributed by atoms with Crippen LogP contribution in [-0.4, -0.2) is 18.4 Å². The molecule has 2 N–H and O–H groups in total. The van der Waals surface area contributed by atoms with E-state index in [1.54, 1.807) is 24.6 Å². The fourth-order valence-corrected chi connectivity index (χ4v) is 4.23. The first-order valence-electron chi connectivity index (χ1n) is 6.16. The van der Waals surface area contributed by atoms with Crippen LogP contribution >= 0.6 is 11.3 Å². The number of aromatic amines is 1. The molecule has 0 spiro atoms. The minimum absolute atomic E-state index is 0.0661. The maximum atomic E-state index is 13.9. The molecule has 1 aromatic carbocycles. The predicted molar refractivity (Wildman–Crippen MR) is 79.1 cm³/mol. The first-order chi connectivity index (χ1) is 9.99. The van der Waals surface area contributed by atoms with Crippen molar-refractivity contribution in [3.05, 3.63) is 46.8 Å². The van der Waals surface area contributed by atoms with Gasteiger partial charge in [0.1, 0.15) is 15.7 Å². The molecule has 2 aromatic heterocycles. The standard InChI is InChI=1S/C13H12FN3O2S2/c1-8(13-15-5-6-20-13)17-21(18,19)11-7-16-10-4-2-3-9(14)12(10)11/h2-8,16-17H,1H3. The molecule has 1 atom stereocenters. The van der Waals surface area contributed by atoms with Crippen LogP contribution in [0.3, 0.4) is 0 Å². The predicted octanol–water partition coefficient (Wildman–Crippen LogP) is 2.80. The zero-order chi connectivity index (χ0) is 15.0. The summed E-state index contributed by atoms with van der Waals surface area (Å²) in [4.78, 5) is 6.74. The highest BCUT2D eigenvalue weighted by Crippen LogP contribution is 2.27. The van der Waals surface area contributed by atoms with Crippen molar-refractivity contribution in [3.8, 4) is 0 Å². The van der Waals surface area contributed by atoms with Gasteiger partial charge in [0.2, 0.25) is 10.0 Å². The Morgan fingerprint density at radius 1 is 1.43 bits per heavy atom. The summed E-state index contributed by atoms with van der Waals surface area (Å²) in [6.07, 6.45) is 2.90. The van der Waals surface area contributed by atoms with E-state index in [4.69, 9.17) is 0 Å². The van der Waals surface area contributed by atoms with Gasteiger partial charge in [-0.2, -0.15) is 0 Å². The van der Waals surface area contributed by atoms with Crippen molar-refractivity contribution in [2.75, 3.05) is 0 Å². The quantitative estimate of drug-likeness (QED) is 0.774. The smallest absolute Gasteiger partial charge is 0.243 e. The van der Waals surface area contributed by atoms with Gasteiger partial charge in [-0.15, -0.1) is 11.3 Å². The first-order valence-corrected chi connectivity index (χ1v) is 8.52. The third-order valence-electron chi connectivity index (χ3n) is 3.06. The van der Waals surface area contributed by atoms with Gasteiger partial charge in [-0.05, 0) is 19.1 Å². The number of nitrogens with zero attached hydrogens (tertiary/aromatic N) is 1. The van der Waals surface area contributed by atoms with Gasteiger partial charge in [0.15, 0.2) is 0 Å². The highest BCUT2D eigenvalue weighted by molar-refractivity contribution is 7.89. The molecule has 0 aliphatic rings. The number of hydrogen-bond acceptors (Lipinski definition) is 4. The lowest BCUT2D eigenvalue weighted by Crippen LogP contribution is -2.26. The third kappa shape index (κ3) is 2.57. The number of halogens is 1. The van der Waals surface area contributed by atoms with E-state index in [1.165, 1.54) is 29.7 Å². The summed E-state index contributed by atoms with van der Waals surface area (Å²) in [5.74, 6) is -0.573. The van der Waals surface area contributed by atoms with Crippen molar-refractivity contribution in [1.29, 1.82) is 0 Å². The lowest BCUT2D eigenvalue weighted by Gasteiger charge is -2.11. The largest absolute Gasteiger partial charge is 0.360 e. The van der Waals surface area contributed by atoms with E-state index in [2.05, 4.69) is 14.7 Å². The van der Waals surface area contributed by atoms with Gasteiger partial charge < -0.3 is 4.98 Å². The number of rotatable bonds is 4. The highest BCUT2D eigenvalue weighted by atomic mass is 32.2. The minimum Gasteiger partial charge on any atom is -0.360 e. The minimum atomic E-state index is -3.85. The number of aromatic nitrogens is 2. The Hall–Kier alpha value is -1.77. The van der Waals surface area contributed by atoms with Gasteiger partial charge in [-0.25, -0.2) is 22.5 Å². The summed E-state index contributed by atoms with van der Waals surface area (Å²) in [6, 6.07) is 3.91. The molecule has 0 aliphatic heterocycles. The molecule has 0 radical (unpaired) electrons. The van der Waals surface area contributed by atoms with Gasteiger partial charge in [-0.3, -0.25) is 0 Å². The van der Waals surface area contributed by atoms with E-state index in [-0.39, 0.29) is 10.3 Å². The van der Waals surface area contributed by atoms with Crippen molar-refractivity contribution in [1.82, 2.24) is 14.7 Å². The summed E-state index contributed by atoms with van der Waals surface area (Å²) in [7, 11) is -3.85. The summed E-state index contributed by atoms with van der Waals surface area (Å²) in [5.41, 5.74) is 0.442. The van der Waals surface area contributed by atoms with E-state index in [0.29, 0.717) is 10.5 Å². The maximum Gasteiger partial charge on any atom is 0.243 e. The van der Waals surface area contributed by atoms with Crippen molar-refractivity contribution in [2.45, 2.75) is 17.9 Å². The molecule has 0 bridgehead atoms. The molecule has 5 nitrogen and oxygen atoms in total. The number of hydrogen-bond donors (Lipinski definition) is 2. The molecule has 0 amide bonds. The molecule has 8 heteroatoms. The van der Waals surface area contributed by atoms with Gasteiger partial charge in [0.05, 0.1) is 11.4 Å². The second kappa shape index (κ2) is 5.21. The van der Waals surface area contributed by atoms with Crippen LogP contribution < -0.4 is 4.72 Å². The lowest BCUT2D eigenvalue weighted by atomic mass is 10.2. The molecular weight excluding hydrogens is 313 g/mol. The number of thiazole rings is 1. The Balaban J connectivity index is 2.01. The second-order valence-electron chi connectivity index (χ2n) is 4.53. The average Bonchev–Trinajstić information content (AvgIpc) is 3.08. The molecule has 0 aliphatic carbocycles. The number of fused-ring (bicyclic) bond motifs is 1. The topological polar surface area (TPSA) is 74.8 Å². The van der Waals surface area contributed by atoms with Crippen LogP contribution in [0.1, 0.15) is 18.0 Å². The summed E-state index contributed by atoms with van der Waals surface area (Å²) in [5, 5.41) is 2.49. The van der Waals surface area contributed by atoms with Crippen LogP contribution in [0.15, 0.2) is 40.9 Å². The molecule has 3 rings (SSSR count). The Morgan fingerprint density at radius 2 is 2.24 bits per heavy atom. The second-order valence-corrected chi connectivity index (χ2v) is 7.14. The van der Waals surface area contributed by atoms with Gasteiger partial charge in [-0.1, -0.05) is 6.07 Å².